The third kappa shape index (κ3) is 5.08. The maximum Gasteiger partial charge on any atom is 0.338 e. The Balaban J connectivity index is 1.53. The Kier molecular flexibility index (Phi) is 6.28. The number of fused-ring (bicyclic) bond motifs is 1. The lowest BCUT2D eigenvalue weighted by Crippen LogP contribution is -2.42. The maximum absolute atomic E-state index is 12.3. The van der Waals surface area contributed by atoms with Crippen molar-refractivity contribution in [1.82, 2.24) is 5.32 Å². The molecule has 2 aromatic rings. The number of hydrogen-bond donors (Lipinski definition) is 2. The van der Waals surface area contributed by atoms with Crippen LogP contribution in [0.4, 0.5) is 0 Å². The van der Waals surface area contributed by atoms with Gasteiger partial charge in [-0.05, 0) is 49.2 Å². The number of carbonyl (C=O) groups is 2. The van der Waals surface area contributed by atoms with Gasteiger partial charge in [0.25, 0.3) is 5.91 Å². The second kappa shape index (κ2) is 8.72. The molecule has 0 saturated carbocycles. The minimum Gasteiger partial charge on any atom is -0.486 e. The number of aryl methyl sites for hydroxylation is 1. The van der Waals surface area contributed by atoms with E-state index in [-0.39, 0.29) is 29.7 Å². The molecule has 0 radical (unpaired) electrons. The molecule has 0 fully saturated rings. The van der Waals surface area contributed by atoms with Crippen molar-refractivity contribution in [2.75, 3.05) is 19.8 Å². The third-order valence-corrected chi connectivity index (χ3v) is 5.63. The summed E-state index contributed by atoms with van der Waals surface area (Å²) < 4.78 is 39.7. The topological polar surface area (TPSA) is 134 Å². The van der Waals surface area contributed by atoms with Gasteiger partial charge in [0.15, 0.2) is 18.1 Å². The number of esters is 1. The van der Waals surface area contributed by atoms with E-state index in [1.54, 1.807) is 26.0 Å². The number of rotatable bonds is 6. The molecule has 0 aromatic heterocycles. The van der Waals surface area contributed by atoms with Crippen LogP contribution >= 0.6 is 0 Å². The van der Waals surface area contributed by atoms with Crippen LogP contribution < -0.4 is 19.9 Å². The second-order valence-electron chi connectivity index (χ2n) is 6.84. The minimum absolute atomic E-state index is 0.00412. The van der Waals surface area contributed by atoms with Crippen molar-refractivity contribution in [2.24, 2.45) is 5.14 Å². The van der Waals surface area contributed by atoms with Gasteiger partial charge in [-0.2, -0.15) is 0 Å². The Morgan fingerprint density at radius 2 is 1.90 bits per heavy atom. The zero-order chi connectivity index (χ0) is 21.9. The molecule has 9 nitrogen and oxygen atoms in total. The maximum atomic E-state index is 12.3. The summed E-state index contributed by atoms with van der Waals surface area (Å²) in [6.45, 7) is 3.16. The largest absolute Gasteiger partial charge is 0.486 e. The first-order chi connectivity index (χ1) is 14.1. The lowest BCUT2D eigenvalue weighted by atomic mass is 10.1. The lowest BCUT2D eigenvalue weighted by molar-refractivity contribution is -0.124. The number of primary sulfonamides is 1. The van der Waals surface area contributed by atoms with Crippen LogP contribution in [0.3, 0.4) is 0 Å². The van der Waals surface area contributed by atoms with E-state index in [1.807, 2.05) is 12.1 Å². The van der Waals surface area contributed by atoms with E-state index >= 15 is 0 Å². The van der Waals surface area contributed by atoms with Gasteiger partial charge in [0.1, 0.15) is 12.7 Å². The first-order valence-corrected chi connectivity index (χ1v) is 10.7. The van der Waals surface area contributed by atoms with Crippen molar-refractivity contribution < 1.29 is 32.2 Å². The van der Waals surface area contributed by atoms with E-state index in [2.05, 4.69) is 5.32 Å². The first kappa shape index (κ1) is 21.6. The van der Waals surface area contributed by atoms with Crippen LogP contribution in [0.2, 0.25) is 0 Å². The highest BCUT2D eigenvalue weighted by molar-refractivity contribution is 7.89. The Hall–Kier alpha value is -3.11. The quantitative estimate of drug-likeness (QED) is 0.649. The molecule has 1 unspecified atom stereocenters. The van der Waals surface area contributed by atoms with Crippen LogP contribution in [0.1, 0.15) is 21.5 Å². The Morgan fingerprint density at radius 3 is 2.60 bits per heavy atom. The number of hydrogen-bond acceptors (Lipinski definition) is 7. The average molecular weight is 434 g/mol. The molecule has 0 spiro atoms. The average Bonchev–Trinajstić information content (AvgIpc) is 2.71. The molecule has 1 heterocycles. The zero-order valence-electron chi connectivity index (χ0n) is 16.5. The van der Waals surface area contributed by atoms with Crippen LogP contribution in [-0.2, 0) is 19.6 Å². The molecule has 0 saturated heterocycles. The Labute approximate surface area is 174 Å². The van der Waals surface area contributed by atoms with Gasteiger partial charge in [-0.15, -0.1) is 0 Å². The third-order valence-electron chi connectivity index (χ3n) is 4.59. The number of nitrogens with two attached hydrogens (primary N) is 1. The summed E-state index contributed by atoms with van der Waals surface area (Å²) in [5.74, 6) is -0.123. The molecule has 160 valence electrons. The summed E-state index contributed by atoms with van der Waals surface area (Å²) in [5.41, 5.74) is 1.01. The highest BCUT2D eigenvalue weighted by Crippen LogP contribution is 2.30. The molecule has 2 aromatic carbocycles. The van der Waals surface area contributed by atoms with E-state index < -0.39 is 28.5 Å². The molecular weight excluding hydrogens is 412 g/mol. The van der Waals surface area contributed by atoms with Gasteiger partial charge in [0.05, 0.1) is 17.0 Å². The summed E-state index contributed by atoms with van der Waals surface area (Å²) in [4.78, 5) is 24.1. The van der Waals surface area contributed by atoms with Crippen molar-refractivity contribution in [3.05, 3.63) is 53.1 Å². The number of para-hydroxylation sites is 2. The van der Waals surface area contributed by atoms with E-state index in [0.717, 1.165) is 6.07 Å². The Bertz CT molecular complexity index is 1080. The van der Waals surface area contributed by atoms with Gasteiger partial charge < -0.3 is 19.5 Å². The molecule has 0 aliphatic carbocycles. The fourth-order valence-corrected chi connectivity index (χ4v) is 3.78. The van der Waals surface area contributed by atoms with Crippen molar-refractivity contribution in [3.8, 4) is 11.5 Å². The second-order valence-corrected chi connectivity index (χ2v) is 8.37. The number of benzene rings is 2. The fraction of sp³-hybridized carbons (Fsp3) is 0.300. The number of nitrogens with one attached hydrogen (secondary N) is 1. The summed E-state index contributed by atoms with van der Waals surface area (Å²) in [6, 6.07) is 9.83. The fourth-order valence-electron chi connectivity index (χ4n) is 2.90. The molecular formula is C20H22N2O7S. The number of carbonyl (C=O) groups excluding carboxylic acids is 2. The zero-order valence-corrected chi connectivity index (χ0v) is 17.3. The number of sulfonamides is 1. The van der Waals surface area contributed by atoms with Gasteiger partial charge >= 0.3 is 5.97 Å². The predicted molar refractivity (Wildman–Crippen MR) is 107 cm³/mol. The summed E-state index contributed by atoms with van der Waals surface area (Å²) in [7, 11) is -4.00. The van der Waals surface area contributed by atoms with Crippen LogP contribution in [0, 0.1) is 13.8 Å². The molecule has 0 bridgehead atoms. The van der Waals surface area contributed by atoms with E-state index in [9.17, 15) is 18.0 Å². The van der Waals surface area contributed by atoms with Gasteiger partial charge in [-0.25, -0.2) is 18.4 Å². The molecule has 1 atom stereocenters. The van der Waals surface area contributed by atoms with E-state index in [4.69, 9.17) is 19.3 Å². The molecule has 1 aliphatic rings. The van der Waals surface area contributed by atoms with Gasteiger partial charge in [-0.1, -0.05) is 12.1 Å². The van der Waals surface area contributed by atoms with E-state index in [1.165, 1.54) is 6.07 Å². The summed E-state index contributed by atoms with van der Waals surface area (Å²) >= 11 is 0. The minimum atomic E-state index is -4.00. The first-order valence-electron chi connectivity index (χ1n) is 9.11. The number of amides is 1. The van der Waals surface area contributed by atoms with Crippen molar-refractivity contribution in [1.29, 1.82) is 0 Å². The van der Waals surface area contributed by atoms with Crippen LogP contribution in [0.5, 0.6) is 11.5 Å². The van der Waals surface area contributed by atoms with Crippen LogP contribution in [0.15, 0.2) is 41.3 Å². The van der Waals surface area contributed by atoms with Gasteiger partial charge in [0.2, 0.25) is 10.0 Å². The molecule has 3 rings (SSSR count). The van der Waals surface area contributed by atoms with Crippen molar-refractivity contribution in [3.63, 3.8) is 0 Å². The normalized spacial score (nSPS) is 15.4. The molecule has 3 N–H and O–H groups in total. The standard InChI is InChI=1S/C20H22N2O7S/c1-12-7-14(8-18(13(12)2)30(21,25)26)20(24)28-11-19(23)22-9-15-10-27-16-5-3-4-6-17(16)29-15/h3-8,15H,9-11H2,1-2H3,(H,22,23)(H2,21,25,26). The van der Waals surface area contributed by atoms with Crippen molar-refractivity contribution >= 4 is 21.9 Å². The van der Waals surface area contributed by atoms with E-state index in [0.29, 0.717) is 22.6 Å². The highest BCUT2D eigenvalue weighted by atomic mass is 32.2. The number of ether oxygens (including phenoxy) is 3. The van der Waals surface area contributed by atoms with Crippen LogP contribution in [0.25, 0.3) is 0 Å². The lowest BCUT2D eigenvalue weighted by Gasteiger charge is -2.26. The predicted octanol–water partition coefficient (Wildman–Crippen LogP) is 1.06. The van der Waals surface area contributed by atoms with Gasteiger partial charge in [0, 0.05) is 0 Å². The smallest absolute Gasteiger partial charge is 0.338 e. The molecule has 10 heteroatoms. The summed E-state index contributed by atoms with van der Waals surface area (Å²) in [6.07, 6.45) is -0.378. The van der Waals surface area contributed by atoms with Crippen molar-refractivity contribution in [2.45, 2.75) is 24.8 Å². The SMILES string of the molecule is Cc1cc(C(=O)OCC(=O)NCC2COc3ccccc3O2)cc(S(N)(=O)=O)c1C. The van der Waals surface area contributed by atoms with Crippen LogP contribution in [-0.4, -0.2) is 46.2 Å². The molecule has 30 heavy (non-hydrogen) atoms. The molecule has 1 amide bonds. The highest BCUT2D eigenvalue weighted by Gasteiger charge is 2.22. The monoisotopic (exact) mass is 434 g/mol. The molecule has 1 aliphatic heterocycles. The van der Waals surface area contributed by atoms with Gasteiger partial charge in [-0.3, -0.25) is 4.79 Å². The summed E-state index contributed by atoms with van der Waals surface area (Å²) in [5, 5.41) is 7.80. The Morgan fingerprint density at radius 1 is 1.20 bits per heavy atom.